The van der Waals surface area contributed by atoms with Gasteiger partial charge in [-0.05, 0) is 55.5 Å². The van der Waals surface area contributed by atoms with E-state index in [0.717, 1.165) is 50.1 Å². The average molecular weight is 377 g/mol. The molecule has 5 heteroatoms. The summed E-state index contributed by atoms with van der Waals surface area (Å²) in [7, 11) is 0. The molecule has 0 atom stereocenters. The number of benzene rings is 2. The van der Waals surface area contributed by atoms with E-state index in [2.05, 4.69) is 51.0 Å². The maximum Gasteiger partial charge on any atom is 0.319 e. The number of fused-ring (bicyclic) bond motifs is 1. The lowest BCUT2D eigenvalue weighted by Gasteiger charge is -2.32. The van der Waals surface area contributed by atoms with E-state index in [1.54, 1.807) is 0 Å². The molecule has 4 rings (SSSR count). The number of aryl methyl sites for hydroxylation is 1. The van der Waals surface area contributed by atoms with Crippen LogP contribution in [-0.2, 0) is 6.42 Å². The number of carbonyl (C=O) groups excluding carboxylic acids is 1. The highest BCUT2D eigenvalue weighted by Crippen LogP contribution is 2.19. The number of carbonyl (C=O) groups is 1. The number of aromatic amines is 1. The number of urea groups is 1. The van der Waals surface area contributed by atoms with Crippen molar-refractivity contribution in [2.75, 3.05) is 25.0 Å². The van der Waals surface area contributed by atoms with Gasteiger partial charge < -0.3 is 20.5 Å². The van der Waals surface area contributed by atoms with Gasteiger partial charge in [0.25, 0.3) is 0 Å². The molecule has 2 heterocycles. The normalized spacial score (nSPS) is 15.6. The SMILES string of the molecule is Cc1cccc(NC(=O)NC2CCN(CCc3c[nH]c4ccccc34)CC2)c1. The van der Waals surface area contributed by atoms with Gasteiger partial charge in [0.2, 0.25) is 0 Å². The maximum atomic E-state index is 12.2. The molecule has 0 aliphatic carbocycles. The fourth-order valence-corrected chi connectivity index (χ4v) is 3.99. The first-order chi connectivity index (χ1) is 13.7. The number of rotatable bonds is 5. The van der Waals surface area contributed by atoms with Crippen molar-refractivity contribution in [3.8, 4) is 0 Å². The van der Waals surface area contributed by atoms with Crippen molar-refractivity contribution in [1.82, 2.24) is 15.2 Å². The number of piperidine rings is 1. The third-order valence-electron chi connectivity index (χ3n) is 5.57. The lowest BCUT2D eigenvalue weighted by molar-refractivity contribution is 0.197. The van der Waals surface area contributed by atoms with Gasteiger partial charge in [-0.3, -0.25) is 0 Å². The lowest BCUT2D eigenvalue weighted by Crippen LogP contribution is -2.46. The monoisotopic (exact) mass is 376 g/mol. The number of anilines is 1. The number of aromatic nitrogens is 1. The van der Waals surface area contributed by atoms with Gasteiger partial charge in [-0.25, -0.2) is 4.79 Å². The number of nitrogens with one attached hydrogen (secondary N) is 3. The molecule has 146 valence electrons. The van der Waals surface area contributed by atoms with E-state index in [4.69, 9.17) is 0 Å². The summed E-state index contributed by atoms with van der Waals surface area (Å²) in [5.41, 5.74) is 4.57. The van der Waals surface area contributed by atoms with Gasteiger partial charge in [-0.1, -0.05) is 30.3 Å². The highest BCUT2D eigenvalue weighted by Gasteiger charge is 2.20. The van der Waals surface area contributed by atoms with Crippen LogP contribution in [0, 0.1) is 6.92 Å². The van der Waals surface area contributed by atoms with E-state index < -0.39 is 0 Å². The summed E-state index contributed by atoms with van der Waals surface area (Å²) in [6.07, 6.45) is 5.18. The third kappa shape index (κ3) is 4.54. The van der Waals surface area contributed by atoms with E-state index in [-0.39, 0.29) is 12.1 Å². The van der Waals surface area contributed by atoms with Crippen LogP contribution in [0.1, 0.15) is 24.0 Å². The summed E-state index contributed by atoms with van der Waals surface area (Å²) < 4.78 is 0. The first-order valence-electron chi connectivity index (χ1n) is 10.1. The molecule has 1 fully saturated rings. The second kappa shape index (κ2) is 8.48. The van der Waals surface area contributed by atoms with E-state index in [1.807, 2.05) is 31.2 Å². The topological polar surface area (TPSA) is 60.2 Å². The zero-order valence-corrected chi connectivity index (χ0v) is 16.4. The summed E-state index contributed by atoms with van der Waals surface area (Å²) >= 11 is 0. The van der Waals surface area contributed by atoms with E-state index in [9.17, 15) is 4.79 Å². The van der Waals surface area contributed by atoms with Crippen molar-refractivity contribution in [3.63, 3.8) is 0 Å². The van der Waals surface area contributed by atoms with E-state index in [0.29, 0.717) is 0 Å². The van der Waals surface area contributed by atoms with Gasteiger partial charge in [0.05, 0.1) is 0 Å². The van der Waals surface area contributed by atoms with Gasteiger partial charge in [0.1, 0.15) is 0 Å². The molecule has 0 radical (unpaired) electrons. The molecule has 3 aromatic rings. The van der Waals surface area contributed by atoms with Crippen LogP contribution in [0.25, 0.3) is 10.9 Å². The summed E-state index contributed by atoms with van der Waals surface area (Å²) in [4.78, 5) is 18.1. The van der Waals surface area contributed by atoms with Crippen LogP contribution >= 0.6 is 0 Å². The van der Waals surface area contributed by atoms with E-state index >= 15 is 0 Å². The Hall–Kier alpha value is -2.79. The molecule has 1 aliphatic rings. The fourth-order valence-electron chi connectivity index (χ4n) is 3.99. The van der Waals surface area contributed by atoms with Crippen LogP contribution < -0.4 is 10.6 Å². The number of H-pyrrole nitrogens is 1. The Morgan fingerprint density at radius 1 is 1.14 bits per heavy atom. The second-order valence-electron chi connectivity index (χ2n) is 7.69. The van der Waals surface area contributed by atoms with Crippen LogP contribution in [0.2, 0.25) is 0 Å². The Bertz CT molecular complexity index is 940. The molecule has 5 nitrogen and oxygen atoms in total. The molecule has 28 heavy (non-hydrogen) atoms. The summed E-state index contributed by atoms with van der Waals surface area (Å²) in [5, 5.41) is 7.38. The van der Waals surface area contributed by atoms with Gasteiger partial charge >= 0.3 is 6.03 Å². The third-order valence-corrected chi connectivity index (χ3v) is 5.57. The molecular weight excluding hydrogens is 348 g/mol. The zero-order chi connectivity index (χ0) is 19.3. The largest absolute Gasteiger partial charge is 0.361 e. The van der Waals surface area contributed by atoms with Crippen molar-refractivity contribution < 1.29 is 4.79 Å². The highest BCUT2D eigenvalue weighted by atomic mass is 16.2. The predicted octanol–water partition coefficient (Wildman–Crippen LogP) is 4.30. The minimum atomic E-state index is -0.108. The van der Waals surface area contributed by atoms with Crippen molar-refractivity contribution in [3.05, 3.63) is 65.9 Å². The molecular formula is C23H28N4O. The zero-order valence-electron chi connectivity index (χ0n) is 16.4. The smallest absolute Gasteiger partial charge is 0.319 e. The molecule has 0 saturated carbocycles. The Labute approximate surface area is 166 Å². The lowest BCUT2D eigenvalue weighted by atomic mass is 10.0. The van der Waals surface area contributed by atoms with Crippen molar-refractivity contribution in [1.29, 1.82) is 0 Å². The van der Waals surface area contributed by atoms with Crippen LogP contribution in [0.5, 0.6) is 0 Å². The van der Waals surface area contributed by atoms with Crippen LogP contribution in [0.4, 0.5) is 10.5 Å². The molecule has 1 aliphatic heterocycles. The van der Waals surface area contributed by atoms with Crippen molar-refractivity contribution >= 4 is 22.6 Å². The molecule has 1 aromatic heterocycles. The van der Waals surface area contributed by atoms with Crippen LogP contribution in [0.15, 0.2) is 54.7 Å². The molecule has 2 amide bonds. The Kier molecular flexibility index (Phi) is 5.63. The first kappa shape index (κ1) is 18.6. The average Bonchev–Trinajstić information content (AvgIpc) is 3.11. The van der Waals surface area contributed by atoms with Crippen LogP contribution in [-0.4, -0.2) is 41.6 Å². The fraction of sp³-hybridized carbons (Fsp3) is 0.348. The Balaban J connectivity index is 1.22. The van der Waals surface area contributed by atoms with Gasteiger partial charge in [-0.2, -0.15) is 0 Å². The van der Waals surface area contributed by atoms with Gasteiger partial charge in [0, 0.05) is 48.5 Å². The maximum absolute atomic E-state index is 12.2. The number of nitrogens with zero attached hydrogens (tertiary/aromatic N) is 1. The number of hydrogen-bond donors (Lipinski definition) is 3. The number of hydrogen-bond acceptors (Lipinski definition) is 2. The molecule has 3 N–H and O–H groups in total. The Morgan fingerprint density at radius 3 is 2.79 bits per heavy atom. The number of para-hydroxylation sites is 1. The predicted molar refractivity (Wildman–Crippen MR) is 115 cm³/mol. The minimum absolute atomic E-state index is 0.108. The van der Waals surface area contributed by atoms with Crippen molar-refractivity contribution in [2.45, 2.75) is 32.2 Å². The molecule has 1 saturated heterocycles. The first-order valence-corrected chi connectivity index (χ1v) is 10.1. The molecule has 0 spiro atoms. The highest BCUT2D eigenvalue weighted by molar-refractivity contribution is 5.89. The molecule has 2 aromatic carbocycles. The summed E-state index contributed by atoms with van der Waals surface area (Å²) in [6, 6.07) is 16.5. The molecule has 0 unspecified atom stereocenters. The minimum Gasteiger partial charge on any atom is -0.361 e. The van der Waals surface area contributed by atoms with Crippen molar-refractivity contribution in [2.24, 2.45) is 0 Å². The summed E-state index contributed by atoms with van der Waals surface area (Å²) in [6.45, 7) is 5.13. The van der Waals surface area contributed by atoms with Gasteiger partial charge in [0.15, 0.2) is 0 Å². The van der Waals surface area contributed by atoms with E-state index in [1.165, 1.54) is 16.5 Å². The Morgan fingerprint density at radius 2 is 1.96 bits per heavy atom. The number of amides is 2. The standard InChI is InChI=1S/C23H28N4O/c1-17-5-4-6-20(15-17)26-23(28)25-19-10-13-27(14-11-19)12-9-18-16-24-22-8-3-2-7-21(18)22/h2-8,15-16,19,24H,9-14H2,1H3,(H2,25,26,28). The van der Waals surface area contributed by atoms with Gasteiger partial charge in [-0.15, -0.1) is 0 Å². The quantitative estimate of drug-likeness (QED) is 0.622. The number of likely N-dealkylation sites (tertiary alicyclic amines) is 1. The van der Waals surface area contributed by atoms with Crippen LogP contribution in [0.3, 0.4) is 0 Å². The summed E-state index contributed by atoms with van der Waals surface area (Å²) in [5.74, 6) is 0. The molecule has 0 bridgehead atoms. The second-order valence-corrected chi connectivity index (χ2v) is 7.69.